The average Bonchev–Trinajstić information content (AvgIpc) is 3.16. The number of nitrogens with zero attached hydrogens (tertiary/aromatic N) is 2. The van der Waals surface area contributed by atoms with Crippen molar-refractivity contribution in [1.82, 2.24) is 15.4 Å². The topological polar surface area (TPSA) is 77.5 Å². The van der Waals surface area contributed by atoms with Gasteiger partial charge in [0.05, 0.1) is 0 Å². The molecule has 1 aromatic rings. The molecule has 3 N–H and O–H groups in total. The second-order valence-electron chi connectivity index (χ2n) is 6.70. The van der Waals surface area contributed by atoms with Gasteiger partial charge in [0.25, 0.3) is 5.91 Å². The second kappa shape index (κ2) is 11.4. The molecule has 0 bridgehead atoms. The quantitative estimate of drug-likeness (QED) is 0.400. The Balaban J connectivity index is 0.00000169. The maximum absolute atomic E-state index is 11.0. The molecule has 1 aliphatic carbocycles. The fraction of sp³-hybridized carbons (Fsp3) is 0.556. The molecule has 1 amide bonds. The summed E-state index contributed by atoms with van der Waals surface area (Å²) < 4.78 is 0. The third-order valence-corrected chi connectivity index (χ3v) is 4.97. The number of hydrogen-bond donors (Lipinski definition) is 3. The SMILES string of the molecule is Cl.Cl.O=C(C=Cc1ccc(N[C@@H]2CCCN(C3CCCC3)C2)nc1)NO. The van der Waals surface area contributed by atoms with Gasteiger partial charge in [0, 0.05) is 30.9 Å². The molecule has 0 unspecified atom stereocenters. The minimum atomic E-state index is -0.550. The molecule has 1 aromatic heterocycles. The van der Waals surface area contributed by atoms with Gasteiger partial charge < -0.3 is 5.32 Å². The Morgan fingerprint density at radius 2 is 1.96 bits per heavy atom. The van der Waals surface area contributed by atoms with Crippen LogP contribution in [0.2, 0.25) is 0 Å². The van der Waals surface area contributed by atoms with Gasteiger partial charge in [-0.2, -0.15) is 0 Å². The molecule has 146 valence electrons. The fourth-order valence-corrected chi connectivity index (χ4v) is 3.73. The van der Waals surface area contributed by atoms with E-state index in [9.17, 15) is 4.79 Å². The van der Waals surface area contributed by atoms with Crippen molar-refractivity contribution in [2.75, 3.05) is 18.4 Å². The van der Waals surface area contributed by atoms with Crippen molar-refractivity contribution in [3.8, 4) is 0 Å². The molecule has 6 nitrogen and oxygen atoms in total. The number of hydroxylamine groups is 1. The summed E-state index contributed by atoms with van der Waals surface area (Å²) in [5.74, 6) is 0.323. The van der Waals surface area contributed by atoms with Gasteiger partial charge in [0.15, 0.2) is 0 Å². The van der Waals surface area contributed by atoms with Gasteiger partial charge in [-0.1, -0.05) is 12.8 Å². The second-order valence-corrected chi connectivity index (χ2v) is 6.70. The summed E-state index contributed by atoms with van der Waals surface area (Å²) in [7, 11) is 0. The summed E-state index contributed by atoms with van der Waals surface area (Å²) in [6.07, 6.45) is 12.5. The van der Waals surface area contributed by atoms with Gasteiger partial charge in [0.1, 0.15) is 5.82 Å². The first-order chi connectivity index (χ1) is 11.7. The smallest absolute Gasteiger partial charge is 0.267 e. The summed E-state index contributed by atoms with van der Waals surface area (Å²) in [4.78, 5) is 18.0. The largest absolute Gasteiger partial charge is 0.366 e. The number of amides is 1. The summed E-state index contributed by atoms with van der Waals surface area (Å²) >= 11 is 0. The Bertz CT molecular complexity index is 577. The Morgan fingerprint density at radius 3 is 2.62 bits per heavy atom. The van der Waals surface area contributed by atoms with Crippen LogP contribution in [0.3, 0.4) is 0 Å². The van der Waals surface area contributed by atoms with E-state index in [0.717, 1.165) is 24.0 Å². The summed E-state index contributed by atoms with van der Waals surface area (Å²) in [5.41, 5.74) is 2.38. The molecule has 0 radical (unpaired) electrons. The lowest BCUT2D eigenvalue weighted by atomic mass is 10.0. The first kappa shape index (κ1) is 22.7. The third-order valence-electron chi connectivity index (χ3n) is 4.97. The number of likely N-dealkylation sites (tertiary alicyclic amines) is 1. The van der Waals surface area contributed by atoms with E-state index in [1.54, 1.807) is 17.8 Å². The van der Waals surface area contributed by atoms with Crippen molar-refractivity contribution in [3.05, 3.63) is 30.0 Å². The van der Waals surface area contributed by atoms with Crippen LogP contribution in [0.15, 0.2) is 24.4 Å². The van der Waals surface area contributed by atoms with E-state index in [2.05, 4.69) is 15.2 Å². The van der Waals surface area contributed by atoms with Crippen LogP contribution in [0.4, 0.5) is 5.82 Å². The number of piperidine rings is 1. The van der Waals surface area contributed by atoms with Gasteiger partial charge in [-0.05, 0) is 56.0 Å². The summed E-state index contributed by atoms with van der Waals surface area (Å²) in [6.45, 7) is 2.33. The van der Waals surface area contributed by atoms with Crippen molar-refractivity contribution in [1.29, 1.82) is 0 Å². The van der Waals surface area contributed by atoms with E-state index < -0.39 is 5.91 Å². The Kier molecular flexibility index (Phi) is 9.94. The zero-order valence-electron chi connectivity index (χ0n) is 14.8. The van der Waals surface area contributed by atoms with E-state index >= 15 is 0 Å². The van der Waals surface area contributed by atoms with Crippen molar-refractivity contribution in [3.63, 3.8) is 0 Å². The molecule has 0 spiro atoms. The van der Waals surface area contributed by atoms with Crippen LogP contribution in [0.1, 0.15) is 44.1 Å². The normalized spacial score (nSPS) is 21.0. The molecule has 1 aliphatic heterocycles. The number of rotatable bonds is 5. The van der Waals surface area contributed by atoms with Gasteiger partial charge in [0.2, 0.25) is 0 Å². The highest BCUT2D eigenvalue weighted by atomic mass is 35.5. The average molecular weight is 403 g/mol. The Labute approximate surface area is 167 Å². The predicted octanol–water partition coefficient (Wildman–Crippen LogP) is 3.26. The first-order valence-electron chi connectivity index (χ1n) is 8.83. The highest BCUT2D eigenvalue weighted by Gasteiger charge is 2.27. The van der Waals surface area contributed by atoms with Gasteiger partial charge in [-0.25, -0.2) is 10.5 Å². The molecule has 26 heavy (non-hydrogen) atoms. The number of carbonyl (C=O) groups is 1. The van der Waals surface area contributed by atoms with Crippen LogP contribution >= 0.6 is 24.8 Å². The maximum Gasteiger partial charge on any atom is 0.267 e. The molecule has 2 heterocycles. The van der Waals surface area contributed by atoms with Crippen LogP contribution < -0.4 is 10.8 Å². The van der Waals surface area contributed by atoms with E-state index in [1.165, 1.54) is 51.1 Å². The minimum absolute atomic E-state index is 0. The van der Waals surface area contributed by atoms with Gasteiger partial charge >= 0.3 is 0 Å². The lowest BCUT2D eigenvalue weighted by Crippen LogP contribution is -2.46. The maximum atomic E-state index is 11.0. The van der Waals surface area contributed by atoms with E-state index in [4.69, 9.17) is 5.21 Å². The molecule has 1 saturated carbocycles. The van der Waals surface area contributed by atoms with Crippen LogP contribution in [-0.4, -0.2) is 46.2 Å². The molecule has 8 heteroatoms. The lowest BCUT2D eigenvalue weighted by molar-refractivity contribution is -0.124. The van der Waals surface area contributed by atoms with Crippen molar-refractivity contribution >= 4 is 42.6 Å². The Hall–Kier alpha value is -1.34. The first-order valence-corrected chi connectivity index (χ1v) is 8.83. The monoisotopic (exact) mass is 402 g/mol. The van der Waals surface area contributed by atoms with Gasteiger partial charge in [-0.3, -0.25) is 14.9 Å². The number of pyridine rings is 1. The molecule has 1 atom stereocenters. The van der Waals surface area contributed by atoms with Crippen LogP contribution in [0, 0.1) is 0 Å². The standard InChI is InChI=1S/C18H26N4O2.2ClH/c23-18(21-24)10-8-14-7-9-17(19-12-14)20-15-4-3-11-22(13-15)16-5-1-2-6-16;;/h7-10,12,15-16,24H,1-6,11,13H2,(H,19,20)(H,21,23);2*1H/t15-;;/m1../s1. The zero-order chi connectivity index (χ0) is 16.8. The molecule has 3 rings (SSSR count). The number of hydrogen-bond acceptors (Lipinski definition) is 5. The number of halogens is 2. The number of carbonyl (C=O) groups excluding carboxylic acids is 1. The number of aromatic nitrogens is 1. The number of nitrogens with one attached hydrogen (secondary N) is 2. The molecule has 0 aromatic carbocycles. The van der Waals surface area contributed by atoms with Crippen molar-refractivity contribution in [2.45, 2.75) is 50.6 Å². The molecule has 2 aliphatic rings. The van der Waals surface area contributed by atoms with Crippen LogP contribution in [-0.2, 0) is 4.79 Å². The molecule has 1 saturated heterocycles. The van der Waals surface area contributed by atoms with Gasteiger partial charge in [-0.15, -0.1) is 24.8 Å². The third kappa shape index (κ3) is 6.43. The fourth-order valence-electron chi connectivity index (χ4n) is 3.73. The zero-order valence-corrected chi connectivity index (χ0v) is 16.4. The Morgan fingerprint density at radius 1 is 1.19 bits per heavy atom. The summed E-state index contributed by atoms with van der Waals surface area (Å²) in [6, 6.07) is 5.08. The van der Waals surface area contributed by atoms with E-state index in [-0.39, 0.29) is 24.8 Å². The lowest BCUT2D eigenvalue weighted by Gasteiger charge is -2.37. The predicted molar refractivity (Wildman–Crippen MR) is 108 cm³/mol. The highest BCUT2D eigenvalue weighted by molar-refractivity contribution is 5.90. The van der Waals surface area contributed by atoms with E-state index in [1.807, 2.05) is 12.1 Å². The van der Waals surface area contributed by atoms with Crippen molar-refractivity contribution < 1.29 is 10.0 Å². The van der Waals surface area contributed by atoms with Crippen molar-refractivity contribution in [2.24, 2.45) is 0 Å². The van der Waals surface area contributed by atoms with Crippen LogP contribution in [0.5, 0.6) is 0 Å². The summed E-state index contributed by atoms with van der Waals surface area (Å²) in [5, 5.41) is 12.0. The molecule has 2 fully saturated rings. The minimum Gasteiger partial charge on any atom is -0.366 e. The molecular weight excluding hydrogens is 375 g/mol. The molecular formula is C18H28Cl2N4O2. The highest BCUT2D eigenvalue weighted by Crippen LogP contribution is 2.26. The van der Waals surface area contributed by atoms with E-state index in [0.29, 0.717) is 6.04 Å². The number of anilines is 1. The van der Waals surface area contributed by atoms with Crippen LogP contribution in [0.25, 0.3) is 6.08 Å².